The van der Waals surface area contributed by atoms with Gasteiger partial charge in [0, 0.05) is 0 Å². The summed E-state index contributed by atoms with van der Waals surface area (Å²) in [5, 5.41) is -0.232. The molecule has 0 unspecified atom stereocenters. The Morgan fingerprint density at radius 1 is 0.957 bits per heavy atom. The molecule has 0 bridgehead atoms. The van der Waals surface area contributed by atoms with Gasteiger partial charge < -0.3 is 4.18 Å². The van der Waals surface area contributed by atoms with Gasteiger partial charge in [-0.2, -0.15) is 21.6 Å². The maximum atomic E-state index is 12.2. The molecule has 8 heteroatoms. The van der Waals surface area contributed by atoms with Gasteiger partial charge in [0.15, 0.2) is 5.75 Å². The van der Waals surface area contributed by atoms with Gasteiger partial charge in [-0.25, -0.2) is 0 Å². The lowest BCUT2D eigenvalue weighted by Crippen LogP contribution is -2.28. The molecule has 0 amide bonds. The highest BCUT2D eigenvalue weighted by atomic mass is 35.5. The first-order valence-electron chi connectivity index (χ1n) is 6.56. The van der Waals surface area contributed by atoms with E-state index in [2.05, 4.69) is 4.18 Å². The monoisotopic (exact) mass is 366 g/mol. The van der Waals surface area contributed by atoms with E-state index in [1.165, 1.54) is 12.1 Å². The fourth-order valence-corrected chi connectivity index (χ4v) is 2.29. The molecule has 0 aliphatic heterocycles. The van der Waals surface area contributed by atoms with E-state index in [4.69, 9.17) is 11.6 Å². The number of rotatable bonds is 3. The Morgan fingerprint density at radius 2 is 1.52 bits per heavy atom. The zero-order valence-corrected chi connectivity index (χ0v) is 13.8. The summed E-state index contributed by atoms with van der Waals surface area (Å²) in [6, 6.07) is 12.7. The summed E-state index contributed by atoms with van der Waals surface area (Å²) in [5.74, 6) is -0.575. The number of halogens is 4. The lowest BCUT2D eigenvalue weighted by Gasteiger charge is -2.11. The molecule has 2 aromatic rings. The second-order valence-electron chi connectivity index (χ2n) is 3.99. The van der Waals surface area contributed by atoms with Crippen LogP contribution in [-0.4, -0.2) is 13.9 Å². The fraction of sp³-hybridized carbons (Fsp3) is 0.200. The minimum absolute atomic E-state index is 0.232. The van der Waals surface area contributed by atoms with Gasteiger partial charge >= 0.3 is 15.6 Å². The van der Waals surface area contributed by atoms with Crippen molar-refractivity contribution in [1.82, 2.24) is 0 Å². The summed E-state index contributed by atoms with van der Waals surface area (Å²) in [7, 11) is -5.74. The zero-order valence-electron chi connectivity index (χ0n) is 12.3. The van der Waals surface area contributed by atoms with Crippen LogP contribution in [0.3, 0.4) is 0 Å². The van der Waals surface area contributed by atoms with Crippen LogP contribution in [0.2, 0.25) is 5.02 Å². The molecule has 0 heterocycles. The van der Waals surface area contributed by atoms with E-state index < -0.39 is 21.4 Å². The summed E-state index contributed by atoms with van der Waals surface area (Å²) in [6.07, 6.45) is 0. The molecule has 2 aromatic carbocycles. The summed E-state index contributed by atoms with van der Waals surface area (Å²) in [5.41, 5.74) is -4.10. The molecule has 0 radical (unpaired) electrons. The summed E-state index contributed by atoms with van der Waals surface area (Å²) in [6.45, 7) is 4.00. The molecule has 0 fully saturated rings. The Kier molecular flexibility index (Phi) is 6.47. The zero-order chi connectivity index (χ0) is 17.7. The third kappa shape index (κ3) is 4.87. The Balaban J connectivity index is 0.00000127. The van der Waals surface area contributed by atoms with Crippen LogP contribution >= 0.6 is 11.6 Å². The summed E-state index contributed by atoms with van der Waals surface area (Å²) in [4.78, 5) is 0. The lowest BCUT2D eigenvalue weighted by atomic mass is 10.1. The Labute approximate surface area is 137 Å². The molecule has 0 aromatic heterocycles. The van der Waals surface area contributed by atoms with Crippen molar-refractivity contribution in [2.75, 3.05) is 0 Å². The molecule has 2 rings (SSSR count). The molecule has 0 saturated heterocycles. The SMILES string of the molecule is CC.O=S(=O)(Oc1ccc(-c2ccccc2)cc1Cl)C(F)(F)F. The van der Waals surface area contributed by atoms with Gasteiger partial charge in [0.1, 0.15) is 0 Å². The Hall–Kier alpha value is -1.73. The minimum atomic E-state index is -5.74. The van der Waals surface area contributed by atoms with Gasteiger partial charge in [0.2, 0.25) is 0 Å². The van der Waals surface area contributed by atoms with Crippen molar-refractivity contribution in [3.8, 4) is 16.9 Å². The van der Waals surface area contributed by atoms with E-state index in [0.717, 1.165) is 11.6 Å². The van der Waals surface area contributed by atoms with Crippen LogP contribution in [0.4, 0.5) is 13.2 Å². The maximum Gasteiger partial charge on any atom is 0.534 e. The average molecular weight is 367 g/mol. The van der Waals surface area contributed by atoms with Crippen molar-refractivity contribution in [3.63, 3.8) is 0 Å². The molecule has 3 nitrogen and oxygen atoms in total. The van der Waals surface area contributed by atoms with Gasteiger partial charge in [0.25, 0.3) is 0 Å². The highest BCUT2D eigenvalue weighted by molar-refractivity contribution is 7.88. The molecule has 0 spiro atoms. The molecule has 0 saturated carbocycles. The van der Waals surface area contributed by atoms with Crippen LogP contribution in [0.5, 0.6) is 5.75 Å². The smallest absolute Gasteiger partial charge is 0.374 e. The largest absolute Gasteiger partial charge is 0.534 e. The summed E-state index contributed by atoms with van der Waals surface area (Å²) < 4.78 is 62.6. The first kappa shape index (κ1) is 19.3. The van der Waals surface area contributed by atoms with Gasteiger partial charge in [-0.1, -0.05) is 61.8 Å². The van der Waals surface area contributed by atoms with Crippen LogP contribution in [0.1, 0.15) is 13.8 Å². The third-order valence-electron chi connectivity index (χ3n) is 2.52. The quantitative estimate of drug-likeness (QED) is 0.549. The molecule has 0 N–H and O–H groups in total. The minimum Gasteiger partial charge on any atom is -0.374 e. The molecule has 126 valence electrons. The van der Waals surface area contributed by atoms with Gasteiger partial charge in [-0.15, -0.1) is 0 Å². The molecule has 0 atom stereocenters. The Bertz CT molecular complexity index is 744. The molecular weight excluding hydrogens is 353 g/mol. The van der Waals surface area contributed by atoms with Crippen LogP contribution in [0.25, 0.3) is 11.1 Å². The lowest BCUT2D eigenvalue weighted by molar-refractivity contribution is -0.0500. The second kappa shape index (κ2) is 7.70. The first-order valence-corrected chi connectivity index (χ1v) is 8.35. The van der Waals surface area contributed by atoms with Crippen LogP contribution in [0, 0.1) is 0 Å². The van der Waals surface area contributed by atoms with Gasteiger partial charge in [-0.3, -0.25) is 0 Å². The topological polar surface area (TPSA) is 43.4 Å². The number of hydrogen-bond donors (Lipinski definition) is 0. The number of hydrogen-bond acceptors (Lipinski definition) is 3. The van der Waals surface area contributed by atoms with Crippen molar-refractivity contribution in [1.29, 1.82) is 0 Å². The van der Waals surface area contributed by atoms with Crippen molar-refractivity contribution in [2.45, 2.75) is 19.4 Å². The van der Waals surface area contributed by atoms with Crippen molar-refractivity contribution < 1.29 is 25.8 Å². The van der Waals surface area contributed by atoms with E-state index in [0.29, 0.717) is 5.56 Å². The predicted molar refractivity (Wildman–Crippen MR) is 83.8 cm³/mol. The standard InChI is InChI=1S/C13H8ClF3O3S.C2H6/c14-11-8-10(9-4-2-1-3-5-9)6-7-12(11)20-21(18,19)13(15,16)17;1-2/h1-8H;1-2H3. The molecular formula is C15H14ClF3O3S. The van der Waals surface area contributed by atoms with Gasteiger partial charge in [-0.05, 0) is 23.3 Å². The van der Waals surface area contributed by atoms with E-state index in [1.807, 2.05) is 13.8 Å². The van der Waals surface area contributed by atoms with E-state index >= 15 is 0 Å². The van der Waals surface area contributed by atoms with E-state index in [1.54, 1.807) is 30.3 Å². The van der Waals surface area contributed by atoms with E-state index in [9.17, 15) is 21.6 Å². The van der Waals surface area contributed by atoms with Crippen molar-refractivity contribution in [3.05, 3.63) is 53.6 Å². The molecule has 0 aliphatic carbocycles. The van der Waals surface area contributed by atoms with Crippen LogP contribution in [0.15, 0.2) is 48.5 Å². The van der Waals surface area contributed by atoms with Crippen molar-refractivity contribution in [2.24, 2.45) is 0 Å². The number of benzene rings is 2. The first-order chi connectivity index (χ1) is 10.7. The summed E-state index contributed by atoms with van der Waals surface area (Å²) >= 11 is 5.78. The van der Waals surface area contributed by atoms with Crippen molar-refractivity contribution >= 4 is 21.7 Å². The van der Waals surface area contributed by atoms with Crippen LogP contribution in [-0.2, 0) is 10.1 Å². The van der Waals surface area contributed by atoms with E-state index in [-0.39, 0.29) is 5.02 Å². The maximum absolute atomic E-state index is 12.2. The fourth-order valence-electron chi connectivity index (χ4n) is 1.54. The second-order valence-corrected chi connectivity index (χ2v) is 5.94. The average Bonchev–Trinajstić information content (AvgIpc) is 2.51. The van der Waals surface area contributed by atoms with Gasteiger partial charge in [0.05, 0.1) is 5.02 Å². The molecule has 23 heavy (non-hydrogen) atoms. The number of alkyl halides is 3. The highest BCUT2D eigenvalue weighted by Gasteiger charge is 2.48. The third-order valence-corrected chi connectivity index (χ3v) is 3.78. The normalized spacial score (nSPS) is 11.4. The highest BCUT2D eigenvalue weighted by Crippen LogP contribution is 2.34. The predicted octanol–water partition coefficient (Wildman–Crippen LogP) is 5.26. The Morgan fingerprint density at radius 3 is 2.00 bits per heavy atom. The molecule has 0 aliphatic rings. The van der Waals surface area contributed by atoms with Crippen LogP contribution < -0.4 is 4.18 Å².